The van der Waals surface area contributed by atoms with Crippen LogP contribution < -0.4 is 0 Å². The molecule has 1 saturated heterocycles. The van der Waals surface area contributed by atoms with Crippen molar-refractivity contribution in [3.8, 4) is 0 Å². The number of carboxylic acid groups (broad SMARTS) is 2. The van der Waals surface area contributed by atoms with E-state index in [4.69, 9.17) is 24.4 Å². The summed E-state index contributed by atoms with van der Waals surface area (Å²) in [6.45, 7) is 7.16. The molecule has 10 nitrogen and oxygen atoms in total. The number of carboxylic acids is 2. The summed E-state index contributed by atoms with van der Waals surface area (Å²) in [5.41, 5.74) is 0. The number of carbonyl (C=O) groups is 4. The van der Waals surface area contributed by atoms with Gasteiger partial charge in [-0.1, -0.05) is 175 Å². The monoisotopic (exact) mass is 786 g/mol. The van der Waals surface area contributed by atoms with Crippen LogP contribution in [0.1, 0.15) is 226 Å². The first kappa shape index (κ1) is 54.9. The van der Waals surface area contributed by atoms with Crippen LogP contribution in [-0.2, 0) is 33.4 Å². The molecule has 2 N–H and O–H groups in total. The summed E-state index contributed by atoms with van der Waals surface area (Å²) >= 11 is 0. The van der Waals surface area contributed by atoms with Crippen molar-refractivity contribution in [2.24, 2.45) is 0 Å². The average molecular weight is 786 g/mol. The van der Waals surface area contributed by atoms with E-state index in [0.29, 0.717) is 25.7 Å². The third kappa shape index (κ3) is 46.1. The Morgan fingerprint density at radius 2 is 0.855 bits per heavy atom. The van der Waals surface area contributed by atoms with Gasteiger partial charge in [-0.3, -0.25) is 24.1 Å². The van der Waals surface area contributed by atoms with Gasteiger partial charge in [-0.05, 0) is 39.8 Å². The standard InChI is InChI=1S/C21H39NO5.2C12H24O2/c1-4-5-6-7-8-9-10-11-12-13-19(23)27-21-15-14-18(26-21)17-25-20(24)16-22(2)3;2*1-2-3-4-5-6-7-8-9-10-11-12(13)14/h18,21H,4-17H2,1-3H3;2*2-11H2,1H3,(H,13,14)/t18-,21-;;/m0../s1. The van der Waals surface area contributed by atoms with Crippen LogP contribution in [0.4, 0.5) is 0 Å². The molecule has 0 aromatic carbocycles. The van der Waals surface area contributed by atoms with Gasteiger partial charge in [-0.25, -0.2) is 0 Å². The summed E-state index contributed by atoms with van der Waals surface area (Å²) in [7, 11) is 3.63. The third-order valence-electron chi connectivity index (χ3n) is 9.68. The van der Waals surface area contributed by atoms with Gasteiger partial charge in [-0.15, -0.1) is 0 Å². The number of ether oxygens (including phenoxy) is 3. The highest BCUT2D eigenvalue weighted by atomic mass is 16.7. The Hall–Kier alpha value is -2.20. The van der Waals surface area contributed by atoms with Crippen molar-refractivity contribution >= 4 is 23.9 Å². The molecule has 1 fully saturated rings. The number of likely N-dealkylation sites (N-methyl/N-ethyl adjacent to an activating group) is 1. The lowest BCUT2D eigenvalue weighted by molar-refractivity contribution is -0.180. The molecule has 0 spiro atoms. The van der Waals surface area contributed by atoms with Crippen LogP contribution >= 0.6 is 0 Å². The van der Waals surface area contributed by atoms with Gasteiger partial charge in [0, 0.05) is 25.7 Å². The molecule has 0 bridgehead atoms. The van der Waals surface area contributed by atoms with Crippen LogP contribution in [0.25, 0.3) is 0 Å². The van der Waals surface area contributed by atoms with Crippen molar-refractivity contribution < 1.29 is 43.6 Å². The number of aliphatic carboxylic acids is 2. The van der Waals surface area contributed by atoms with E-state index in [0.717, 1.165) is 44.9 Å². The molecule has 0 unspecified atom stereocenters. The second-order valence-corrected chi connectivity index (χ2v) is 15.7. The largest absolute Gasteiger partial charge is 0.481 e. The van der Waals surface area contributed by atoms with Gasteiger partial charge >= 0.3 is 23.9 Å². The summed E-state index contributed by atoms with van der Waals surface area (Å²) in [6, 6.07) is 0. The van der Waals surface area contributed by atoms with Crippen molar-refractivity contribution in [1.82, 2.24) is 4.90 Å². The molecule has 0 amide bonds. The fourth-order valence-electron chi connectivity index (χ4n) is 6.33. The Morgan fingerprint density at radius 1 is 0.509 bits per heavy atom. The van der Waals surface area contributed by atoms with E-state index < -0.39 is 18.2 Å². The topological polar surface area (TPSA) is 140 Å². The van der Waals surface area contributed by atoms with Crippen molar-refractivity contribution in [3.05, 3.63) is 0 Å². The van der Waals surface area contributed by atoms with Gasteiger partial charge in [0.05, 0.1) is 12.6 Å². The van der Waals surface area contributed by atoms with Crippen LogP contribution in [0.3, 0.4) is 0 Å². The molecule has 1 aliphatic rings. The first-order chi connectivity index (χ1) is 26.5. The Kier molecular flexibility index (Phi) is 42.9. The number of carbonyl (C=O) groups excluding carboxylic acids is 2. The predicted octanol–water partition coefficient (Wildman–Crippen LogP) is 12.0. The fourth-order valence-corrected chi connectivity index (χ4v) is 6.33. The second-order valence-electron chi connectivity index (χ2n) is 15.7. The lowest BCUT2D eigenvalue weighted by Crippen LogP contribution is -2.27. The molecule has 326 valence electrons. The normalized spacial score (nSPS) is 14.8. The van der Waals surface area contributed by atoms with Crippen LogP contribution in [0.15, 0.2) is 0 Å². The molecule has 1 heterocycles. The summed E-state index contributed by atoms with van der Waals surface area (Å²) in [4.78, 5) is 45.6. The van der Waals surface area contributed by atoms with E-state index in [2.05, 4.69) is 20.8 Å². The molecule has 0 radical (unpaired) electrons. The number of hydrogen-bond donors (Lipinski definition) is 2. The van der Waals surface area contributed by atoms with Crippen LogP contribution in [0, 0.1) is 0 Å². The maximum absolute atomic E-state index is 11.9. The Labute approximate surface area is 337 Å². The van der Waals surface area contributed by atoms with Crippen LogP contribution in [0.5, 0.6) is 0 Å². The van der Waals surface area contributed by atoms with Gasteiger partial charge in [0.2, 0.25) is 6.29 Å². The Balaban J connectivity index is 0. The van der Waals surface area contributed by atoms with E-state index in [1.54, 1.807) is 4.90 Å². The van der Waals surface area contributed by atoms with E-state index in [1.165, 1.54) is 135 Å². The zero-order valence-corrected chi connectivity index (χ0v) is 36.4. The zero-order chi connectivity index (χ0) is 41.2. The van der Waals surface area contributed by atoms with Crippen LogP contribution in [-0.4, -0.2) is 78.6 Å². The van der Waals surface area contributed by atoms with Crippen molar-refractivity contribution in [2.45, 2.75) is 239 Å². The third-order valence-corrected chi connectivity index (χ3v) is 9.68. The van der Waals surface area contributed by atoms with Crippen molar-refractivity contribution in [1.29, 1.82) is 0 Å². The minimum Gasteiger partial charge on any atom is -0.481 e. The summed E-state index contributed by atoms with van der Waals surface area (Å²) in [5.74, 6) is -1.77. The second kappa shape index (κ2) is 42.9. The maximum atomic E-state index is 11.9. The van der Waals surface area contributed by atoms with Gasteiger partial charge in [-0.2, -0.15) is 0 Å². The number of esters is 2. The lowest BCUT2D eigenvalue weighted by atomic mass is 10.1. The van der Waals surface area contributed by atoms with Crippen LogP contribution in [0.2, 0.25) is 0 Å². The molecular weight excluding hydrogens is 698 g/mol. The summed E-state index contributed by atoms with van der Waals surface area (Å²) < 4.78 is 16.2. The molecule has 0 saturated carbocycles. The first-order valence-corrected chi connectivity index (χ1v) is 22.6. The molecule has 0 aliphatic carbocycles. The van der Waals surface area contributed by atoms with E-state index in [-0.39, 0.29) is 31.2 Å². The number of rotatable bonds is 35. The zero-order valence-electron chi connectivity index (χ0n) is 36.4. The first-order valence-electron chi connectivity index (χ1n) is 22.6. The minimum absolute atomic E-state index is 0.179. The molecule has 0 aromatic rings. The average Bonchev–Trinajstić information content (AvgIpc) is 3.59. The number of unbranched alkanes of at least 4 members (excludes halogenated alkanes) is 24. The van der Waals surface area contributed by atoms with Gasteiger partial charge in [0.25, 0.3) is 0 Å². The van der Waals surface area contributed by atoms with Crippen molar-refractivity contribution in [2.75, 3.05) is 27.2 Å². The highest BCUT2D eigenvalue weighted by Gasteiger charge is 2.29. The molecule has 0 aromatic heterocycles. The fraction of sp³-hybridized carbons (Fsp3) is 0.911. The van der Waals surface area contributed by atoms with Gasteiger partial charge in [0.15, 0.2) is 0 Å². The highest BCUT2D eigenvalue weighted by molar-refractivity contribution is 5.71. The molecule has 2 atom stereocenters. The van der Waals surface area contributed by atoms with Crippen molar-refractivity contribution in [3.63, 3.8) is 0 Å². The SMILES string of the molecule is CCCCCCCCCCCC(=O)O.CCCCCCCCCCCC(=O)O.CCCCCCCCCCCC(=O)O[C@H]1CC[C@@H](COC(=O)CN(C)C)O1. The highest BCUT2D eigenvalue weighted by Crippen LogP contribution is 2.22. The Morgan fingerprint density at radius 3 is 1.20 bits per heavy atom. The molecule has 10 heteroatoms. The minimum atomic E-state index is -0.659. The Bertz CT molecular complexity index is 850. The van der Waals surface area contributed by atoms with Gasteiger partial charge < -0.3 is 24.4 Å². The summed E-state index contributed by atoms with van der Waals surface area (Å²) in [6.07, 6.45) is 35.2. The lowest BCUT2D eigenvalue weighted by Gasteiger charge is -2.15. The van der Waals surface area contributed by atoms with E-state index in [1.807, 2.05) is 14.1 Å². The quantitative estimate of drug-likeness (QED) is 0.0471. The maximum Gasteiger partial charge on any atom is 0.320 e. The smallest absolute Gasteiger partial charge is 0.320 e. The molecule has 55 heavy (non-hydrogen) atoms. The number of hydrogen-bond acceptors (Lipinski definition) is 8. The van der Waals surface area contributed by atoms with E-state index in [9.17, 15) is 19.2 Å². The molecule has 1 aliphatic heterocycles. The van der Waals surface area contributed by atoms with E-state index >= 15 is 0 Å². The van der Waals surface area contributed by atoms with Gasteiger partial charge in [0.1, 0.15) is 6.61 Å². The summed E-state index contributed by atoms with van der Waals surface area (Å²) in [5, 5.41) is 16.8. The molecular formula is C45H87NO9. The molecule has 1 rings (SSSR count). The number of nitrogens with zero attached hydrogens (tertiary/aromatic N) is 1. The predicted molar refractivity (Wildman–Crippen MR) is 224 cm³/mol.